The Labute approximate surface area is 143 Å². The second-order valence-corrected chi connectivity index (χ2v) is 8.72. The molecule has 2 aliphatic heterocycles. The van der Waals surface area contributed by atoms with Gasteiger partial charge >= 0.3 is 0 Å². The fraction of sp³-hybridized carbons (Fsp3) is 0.867. The summed E-state index contributed by atoms with van der Waals surface area (Å²) in [5, 5.41) is 0. The van der Waals surface area contributed by atoms with Crippen LogP contribution in [-0.4, -0.2) is 105 Å². The highest BCUT2D eigenvalue weighted by atomic mass is 32.2. The number of piperazine rings is 1. The van der Waals surface area contributed by atoms with Crippen LogP contribution in [0.15, 0.2) is 0 Å². The lowest BCUT2D eigenvalue weighted by Gasteiger charge is -2.44. The van der Waals surface area contributed by atoms with E-state index in [1.165, 1.54) is 0 Å². The molecule has 9 heteroatoms. The molecule has 2 rings (SSSR count). The van der Waals surface area contributed by atoms with Crippen LogP contribution in [0.4, 0.5) is 0 Å². The zero-order valence-corrected chi connectivity index (χ0v) is 15.4. The van der Waals surface area contributed by atoms with Crippen LogP contribution < -0.4 is 0 Å². The molecule has 0 N–H and O–H groups in total. The van der Waals surface area contributed by atoms with Gasteiger partial charge in [-0.3, -0.25) is 9.59 Å². The lowest BCUT2D eigenvalue weighted by molar-refractivity contribution is -0.146. The molecular weight excluding hydrogens is 334 g/mol. The van der Waals surface area contributed by atoms with Crippen LogP contribution in [0.25, 0.3) is 0 Å². The maximum atomic E-state index is 12.4. The second kappa shape index (κ2) is 7.79. The number of fused-ring (bicyclic) bond motifs is 1. The molecule has 2 heterocycles. The third-order valence-electron chi connectivity index (χ3n) is 4.43. The van der Waals surface area contributed by atoms with Gasteiger partial charge in [0.1, 0.15) is 0 Å². The minimum Gasteiger partial charge on any atom is -0.381 e. The van der Waals surface area contributed by atoms with Crippen molar-refractivity contribution < 1.29 is 22.7 Å². The molecule has 0 aliphatic carbocycles. The van der Waals surface area contributed by atoms with Crippen molar-refractivity contribution in [1.29, 1.82) is 0 Å². The Morgan fingerprint density at radius 3 is 2.12 bits per heavy atom. The fourth-order valence-electron chi connectivity index (χ4n) is 3.38. The van der Waals surface area contributed by atoms with Crippen LogP contribution in [-0.2, 0) is 24.2 Å². The van der Waals surface area contributed by atoms with E-state index >= 15 is 0 Å². The summed E-state index contributed by atoms with van der Waals surface area (Å²) < 4.78 is 29.4. The molecule has 0 aromatic carbocycles. The lowest BCUT2D eigenvalue weighted by atomic mass is 10.0. The summed E-state index contributed by atoms with van der Waals surface area (Å²) in [4.78, 5) is 29.9. The molecule has 0 aromatic heterocycles. The van der Waals surface area contributed by atoms with E-state index in [0.29, 0.717) is 26.3 Å². The average Bonchev–Trinajstić information content (AvgIpc) is 2.80. The normalized spacial score (nSPS) is 25.8. The first kappa shape index (κ1) is 19.1. The average molecular weight is 361 g/mol. The van der Waals surface area contributed by atoms with Crippen LogP contribution >= 0.6 is 0 Å². The third-order valence-corrected chi connectivity index (χ3v) is 6.13. The van der Waals surface area contributed by atoms with E-state index in [-0.39, 0.29) is 36.3 Å². The first-order valence-electron chi connectivity index (χ1n) is 8.27. The predicted molar refractivity (Wildman–Crippen MR) is 89.3 cm³/mol. The Bertz CT molecular complexity index is 578. The van der Waals surface area contributed by atoms with Crippen molar-refractivity contribution in [3.8, 4) is 0 Å². The van der Waals surface area contributed by atoms with E-state index in [0.717, 1.165) is 0 Å². The van der Waals surface area contributed by atoms with Crippen molar-refractivity contribution in [3.63, 3.8) is 0 Å². The maximum Gasteiger partial charge on any atom is 0.237 e. The molecule has 0 aromatic rings. The van der Waals surface area contributed by atoms with Crippen LogP contribution in [0.5, 0.6) is 0 Å². The van der Waals surface area contributed by atoms with Gasteiger partial charge in [0.25, 0.3) is 0 Å². The zero-order valence-electron chi connectivity index (χ0n) is 14.6. The molecule has 0 saturated carbocycles. The second-order valence-electron chi connectivity index (χ2n) is 6.57. The number of hydrogen-bond donors (Lipinski definition) is 0. The molecule has 2 fully saturated rings. The van der Waals surface area contributed by atoms with Gasteiger partial charge in [0.2, 0.25) is 11.8 Å². The Hall–Kier alpha value is -1.19. The maximum absolute atomic E-state index is 12.4. The largest absolute Gasteiger partial charge is 0.381 e. The molecule has 138 valence electrons. The first-order valence-corrected chi connectivity index (χ1v) is 10.1. The van der Waals surface area contributed by atoms with Gasteiger partial charge in [0, 0.05) is 19.7 Å². The predicted octanol–water partition coefficient (Wildman–Crippen LogP) is -1.19. The Kier molecular flexibility index (Phi) is 6.22. The van der Waals surface area contributed by atoms with E-state index in [1.54, 1.807) is 28.8 Å². The van der Waals surface area contributed by atoms with Crippen molar-refractivity contribution in [1.82, 2.24) is 14.7 Å². The molecule has 24 heavy (non-hydrogen) atoms. The number of carbonyl (C=O) groups is 2. The van der Waals surface area contributed by atoms with Gasteiger partial charge < -0.3 is 19.4 Å². The number of likely N-dealkylation sites (N-methyl/N-ethyl adjacent to an activating group) is 1. The van der Waals surface area contributed by atoms with Crippen LogP contribution in [0.2, 0.25) is 0 Å². The summed E-state index contributed by atoms with van der Waals surface area (Å²) in [7, 11) is 0.352. The van der Waals surface area contributed by atoms with Gasteiger partial charge in [-0.2, -0.15) is 0 Å². The van der Waals surface area contributed by atoms with Gasteiger partial charge in [-0.25, -0.2) is 8.42 Å². The van der Waals surface area contributed by atoms with Gasteiger partial charge in [-0.1, -0.05) is 0 Å². The number of hydrogen-bond acceptors (Lipinski definition) is 6. The molecular formula is C15H27N3O5S. The fourth-order valence-corrected chi connectivity index (χ4v) is 5.36. The molecule has 0 bridgehead atoms. The molecule has 2 aliphatic rings. The van der Waals surface area contributed by atoms with Crippen molar-refractivity contribution in [3.05, 3.63) is 0 Å². The summed E-state index contributed by atoms with van der Waals surface area (Å²) in [6.07, 6.45) is 0.239. The molecule has 8 nitrogen and oxygen atoms in total. The molecule has 0 radical (unpaired) electrons. The van der Waals surface area contributed by atoms with Gasteiger partial charge in [-0.15, -0.1) is 0 Å². The Morgan fingerprint density at radius 2 is 1.62 bits per heavy atom. The number of rotatable bonds is 6. The minimum absolute atomic E-state index is 0.0634. The number of ether oxygens (including phenoxy) is 1. The van der Waals surface area contributed by atoms with Crippen molar-refractivity contribution in [2.45, 2.75) is 25.4 Å². The summed E-state index contributed by atoms with van der Waals surface area (Å²) in [5.41, 5.74) is 0. The Morgan fingerprint density at radius 1 is 1.08 bits per heavy atom. The highest BCUT2D eigenvalue weighted by molar-refractivity contribution is 7.91. The van der Waals surface area contributed by atoms with E-state index in [2.05, 4.69) is 0 Å². The van der Waals surface area contributed by atoms with Gasteiger partial charge in [0.05, 0.1) is 43.2 Å². The molecule has 2 atom stereocenters. The topological polar surface area (TPSA) is 87.2 Å². The highest BCUT2D eigenvalue weighted by Gasteiger charge is 2.49. The summed E-state index contributed by atoms with van der Waals surface area (Å²) in [5.74, 6) is -0.320. The van der Waals surface area contributed by atoms with Crippen molar-refractivity contribution in [2.75, 3.05) is 58.4 Å². The molecule has 2 saturated heterocycles. The Balaban J connectivity index is 2.12. The molecule has 0 unspecified atom stereocenters. The van der Waals surface area contributed by atoms with E-state index in [4.69, 9.17) is 4.74 Å². The van der Waals surface area contributed by atoms with Crippen LogP contribution in [0.1, 0.15) is 13.3 Å². The number of amides is 2. The highest BCUT2D eigenvalue weighted by Crippen LogP contribution is 2.27. The summed E-state index contributed by atoms with van der Waals surface area (Å²) in [6.45, 7) is 3.73. The summed E-state index contributed by atoms with van der Waals surface area (Å²) in [6, 6.07) is -0.878. The van der Waals surface area contributed by atoms with Crippen LogP contribution in [0.3, 0.4) is 0 Å². The van der Waals surface area contributed by atoms with E-state index < -0.39 is 21.9 Å². The molecule has 0 spiro atoms. The smallest absolute Gasteiger partial charge is 0.237 e. The van der Waals surface area contributed by atoms with Gasteiger partial charge in [0.15, 0.2) is 9.84 Å². The van der Waals surface area contributed by atoms with Crippen molar-refractivity contribution >= 4 is 21.7 Å². The number of nitrogens with zero attached hydrogens (tertiary/aromatic N) is 3. The quantitative estimate of drug-likeness (QED) is 0.553. The monoisotopic (exact) mass is 361 g/mol. The molecule has 2 amide bonds. The SMILES string of the molecule is CCOCCC(=O)N1CCN(C(=O)CN(C)C)[C@H]2CS(=O)(=O)C[C@H]21. The third kappa shape index (κ3) is 4.46. The standard InChI is InChI=1S/C15H27N3O5S/c1-4-23-8-5-14(19)17-6-7-18(15(20)9-16(2)3)13-11-24(21,22)10-12(13)17/h12-13H,4-11H2,1-3H3/t12-,13+/m1/s1. The van der Waals surface area contributed by atoms with Gasteiger partial charge in [-0.05, 0) is 21.0 Å². The summed E-state index contributed by atoms with van der Waals surface area (Å²) >= 11 is 0. The first-order chi connectivity index (χ1) is 11.2. The minimum atomic E-state index is -3.25. The number of sulfone groups is 1. The van der Waals surface area contributed by atoms with Crippen molar-refractivity contribution in [2.24, 2.45) is 0 Å². The number of carbonyl (C=O) groups excluding carboxylic acids is 2. The van der Waals surface area contributed by atoms with E-state index in [9.17, 15) is 18.0 Å². The van der Waals surface area contributed by atoms with E-state index in [1.807, 2.05) is 6.92 Å². The zero-order chi connectivity index (χ0) is 17.9. The lowest BCUT2D eigenvalue weighted by Crippen LogP contribution is -2.62. The van der Waals surface area contributed by atoms with Crippen LogP contribution in [0, 0.1) is 0 Å².